The van der Waals surface area contributed by atoms with Crippen molar-refractivity contribution in [3.8, 4) is 11.1 Å². The minimum absolute atomic E-state index is 0.305. The van der Waals surface area contributed by atoms with Crippen LogP contribution < -0.4 is 15.5 Å². The summed E-state index contributed by atoms with van der Waals surface area (Å²) in [6, 6.07) is 27.1. The molecule has 5 aromatic rings. The second-order valence-corrected chi connectivity index (χ2v) is 10.8. The molecule has 0 fully saturated rings. The molecule has 0 atom stereocenters. The summed E-state index contributed by atoms with van der Waals surface area (Å²) >= 11 is 5.55. The van der Waals surface area contributed by atoms with Gasteiger partial charge in [-0.05, 0) is 85.7 Å². The molecule has 7 nitrogen and oxygen atoms in total. The van der Waals surface area contributed by atoms with Gasteiger partial charge in [-0.2, -0.15) is 10.2 Å². The normalized spacial score (nSPS) is 11.2. The van der Waals surface area contributed by atoms with Gasteiger partial charge in [0.25, 0.3) is 0 Å². The number of anilines is 3. The Hall–Kier alpha value is -4.27. The van der Waals surface area contributed by atoms with Crippen LogP contribution in [0.4, 0.5) is 17.1 Å². The van der Waals surface area contributed by atoms with E-state index in [1.54, 1.807) is 6.20 Å². The van der Waals surface area contributed by atoms with Gasteiger partial charge in [-0.3, -0.25) is 4.90 Å². The summed E-state index contributed by atoms with van der Waals surface area (Å²) in [4.78, 5) is 9.82. The highest BCUT2D eigenvalue weighted by Gasteiger charge is 2.17. The first-order chi connectivity index (χ1) is 19.3. The average molecular weight is 550 g/mol. The number of hydrogen-bond acceptors (Lipinski definition) is 5. The van der Waals surface area contributed by atoms with Crippen molar-refractivity contribution in [2.24, 2.45) is 5.73 Å². The van der Waals surface area contributed by atoms with Crippen molar-refractivity contribution in [3.05, 3.63) is 102 Å². The number of aryl methyl sites for hydroxylation is 1. The van der Waals surface area contributed by atoms with Gasteiger partial charge in [-0.1, -0.05) is 42.5 Å². The number of H-pyrrole nitrogens is 1. The highest BCUT2D eigenvalue weighted by atomic mass is 32.1. The van der Waals surface area contributed by atoms with E-state index in [-0.39, 0.29) is 0 Å². The molecule has 0 unspecified atom stereocenters. The van der Waals surface area contributed by atoms with E-state index >= 15 is 0 Å². The Bertz CT molecular complexity index is 1630. The first-order valence-electron chi connectivity index (χ1n) is 13.3. The molecule has 0 aliphatic carbocycles. The summed E-state index contributed by atoms with van der Waals surface area (Å²) in [5.41, 5.74) is 16.0. The summed E-state index contributed by atoms with van der Waals surface area (Å²) in [5.74, 6) is 0. The number of nitrogens with two attached hydrogens (primary N) is 1. The lowest BCUT2D eigenvalue weighted by molar-refractivity contribution is 0.326. The third-order valence-electron chi connectivity index (χ3n) is 7.18. The molecule has 0 amide bonds. The molecular weight excluding hydrogens is 514 g/mol. The lowest BCUT2D eigenvalue weighted by Gasteiger charge is -2.24. The molecule has 0 saturated carbocycles. The number of hydrogen-bond donors (Lipinski definition) is 2. The van der Waals surface area contributed by atoms with Crippen LogP contribution in [0.3, 0.4) is 0 Å². The van der Waals surface area contributed by atoms with Gasteiger partial charge in [0.1, 0.15) is 0 Å². The van der Waals surface area contributed by atoms with Crippen LogP contribution in [0.15, 0.2) is 85.1 Å². The summed E-state index contributed by atoms with van der Waals surface area (Å²) < 4.78 is 0. The standard InChI is InChI=1S/C32H35N7S/c1-22-29(15-16-38(4)21-25-18-28(37(2)3)20-34-36-25)30-19-27(13-14-31(30)35-22)39(32(33)40)26-12-8-11-24(17-26)23-9-6-5-7-10-23/h5-14,17-20,35H,15-16,21H2,1-4H3,(H2,33,40). The largest absolute Gasteiger partial charge is 0.376 e. The number of rotatable bonds is 9. The zero-order valence-corrected chi connectivity index (χ0v) is 24.2. The highest BCUT2D eigenvalue weighted by molar-refractivity contribution is 7.80. The molecule has 0 aliphatic heterocycles. The smallest absolute Gasteiger partial charge is 0.175 e. The van der Waals surface area contributed by atoms with Gasteiger partial charge in [0.05, 0.1) is 17.6 Å². The maximum absolute atomic E-state index is 6.31. The van der Waals surface area contributed by atoms with Crippen LogP contribution in [0.2, 0.25) is 0 Å². The number of aromatic amines is 1. The van der Waals surface area contributed by atoms with Crippen LogP contribution >= 0.6 is 12.2 Å². The van der Waals surface area contributed by atoms with Gasteiger partial charge in [-0.25, -0.2) is 0 Å². The van der Waals surface area contributed by atoms with E-state index in [9.17, 15) is 0 Å². The molecule has 0 radical (unpaired) electrons. The summed E-state index contributed by atoms with van der Waals surface area (Å²) in [7, 11) is 6.14. The minimum Gasteiger partial charge on any atom is -0.376 e. The lowest BCUT2D eigenvalue weighted by atomic mass is 10.0. The summed E-state index contributed by atoms with van der Waals surface area (Å²) in [6.07, 6.45) is 2.67. The lowest BCUT2D eigenvalue weighted by Crippen LogP contribution is -2.31. The van der Waals surface area contributed by atoms with Crippen LogP contribution in [-0.2, 0) is 13.0 Å². The molecule has 0 bridgehead atoms. The van der Waals surface area contributed by atoms with Crippen molar-refractivity contribution >= 4 is 45.3 Å². The van der Waals surface area contributed by atoms with E-state index in [2.05, 4.69) is 82.6 Å². The first kappa shape index (κ1) is 27.3. The Morgan fingerprint density at radius 2 is 1.62 bits per heavy atom. The van der Waals surface area contributed by atoms with Gasteiger partial charge in [0.2, 0.25) is 0 Å². The molecule has 0 spiro atoms. The predicted molar refractivity (Wildman–Crippen MR) is 170 cm³/mol. The molecule has 204 valence electrons. The number of nitrogens with one attached hydrogen (secondary N) is 1. The Kier molecular flexibility index (Phi) is 8.09. The maximum Gasteiger partial charge on any atom is 0.175 e. The molecule has 2 aromatic heterocycles. The van der Waals surface area contributed by atoms with Gasteiger partial charge in [0.15, 0.2) is 5.11 Å². The molecule has 8 heteroatoms. The molecule has 3 aromatic carbocycles. The average Bonchev–Trinajstić information content (AvgIpc) is 3.26. The summed E-state index contributed by atoms with van der Waals surface area (Å²) in [5, 5.41) is 9.97. The van der Waals surface area contributed by atoms with Crippen molar-refractivity contribution in [2.75, 3.05) is 37.5 Å². The number of fused-ring (bicyclic) bond motifs is 1. The zero-order chi connectivity index (χ0) is 28.2. The molecule has 0 aliphatic rings. The van der Waals surface area contributed by atoms with Crippen LogP contribution in [-0.4, -0.2) is 52.9 Å². The van der Waals surface area contributed by atoms with Crippen LogP contribution in [0.25, 0.3) is 22.0 Å². The van der Waals surface area contributed by atoms with E-state index in [0.29, 0.717) is 5.11 Å². The quantitative estimate of drug-likeness (QED) is 0.217. The highest BCUT2D eigenvalue weighted by Crippen LogP contribution is 2.33. The van der Waals surface area contributed by atoms with Crippen LogP contribution in [0.1, 0.15) is 17.0 Å². The van der Waals surface area contributed by atoms with Crippen molar-refractivity contribution < 1.29 is 0 Å². The molecule has 40 heavy (non-hydrogen) atoms. The number of aromatic nitrogens is 3. The van der Waals surface area contributed by atoms with E-state index < -0.39 is 0 Å². The van der Waals surface area contributed by atoms with Gasteiger partial charge < -0.3 is 20.5 Å². The number of thiocarbonyl (C=S) groups is 1. The molecule has 0 saturated heterocycles. The maximum atomic E-state index is 6.31. The second-order valence-electron chi connectivity index (χ2n) is 10.3. The zero-order valence-electron chi connectivity index (χ0n) is 23.4. The van der Waals surface area contributed by atoms with Crippen molar-refractivity contribution in [1.29, 1.82) is 0 Å². The van der Waals surface area contributed by atoms with E-state index in [1.165, 1.54) is 16.6 Å². The van der Waals surface area contributed by atoms with Gasteiger partial charge >= 0.3 is 0 Å². The Labute approximate surface area is 241 Å². The first-order valence-corrected chi connectivity index (χ1v) is 13.7. The second kappa shape index (κ2) is 11.9. The number of likely N-dealkylation sites (N-methyl/N-ethyl adjacent to an activating group) is 1. The monoisotopic (exact) mass is 549 g/mol. The van der Waals surface area contributed by atoms with Crippen LogP contribution in [0.5, 0.6) is 0 Å². The Morgan fingerprint density at radius 1 is 0.875 bits per heavy atom. The van der Waals surface area contributed by atoms with Gasteiger partial charge in [0, 0.05) is 55.2 Å². The number of nitrogens with zero attached hydrogens (tertiary/aromatic N) is 5. The van der Waals surface area contributed by atoms with Crippen LogP contribution in [0, 0.1) is 6.92 Å². The predicted octanol–water partition coefficient (Wildman–Crippen LogP) is 6.06. The van der Waals surface area contributed by atoms with E-state index in [4.69, 9.17) is 18.0 Å². The van der Waals surface area contributed by atoms with Gasteiger partial charge in [-0.15, -0.1) is 0 Å². The third-order valence-corrected chi connectivity index (χ3v) is 7.36. The fraction of sp³-hybridized carbons (Fsp3) is 0.219. The van der Waals surface area contributed by atoms with E-state index in [1.807, 2.05) is 54.2 Å². The Morgan fingerprint density at radius 3 is 2.38 bits per heavy atom. The third kappa shape index (κ3) is 5.98. The molecule has 3 N–H and O–H groups in total. The summed E-state index contributed by atoms with van der Waals surface area (Å²) in [6.45, 7) is 3.74. The topological polar surface area (TPSA) is 77.3 Å². The molecule has 5 rings (SSSR count). The molecule has 2 heterocycles. The van der Waals surface area contributed by atoms with E-state index in [0.717, 1.165) is 58.9 Å². The van der Waals surface area contributed by atoms with Crippen molar-refractivity contribution in [3.63, 3.8) is 0 Å². The number of benzene rings is 3. The Balaban J connectivity index is 1.40. The fourth-order valence-corrected chi connectivity index (χ4v) is 5.28. The van der Waals surface area contributed by atoms with Crippen molar-refractivity contribution in [1.82, 2.24) is 20.1 Å². The molecular formula is C32H35N7S. The minimum atomic E-state index is 0.305. The fourth-order valence-electron chi connectivity index (χ4n) is 5.07. The van der Waals surface area contributed by atoms with Crippen molar-refractivity contribution in [2.45, 2.75) is 19.9 Å². The SMILES string of the molecule is Cc1[nH]c2ccc(N(C(N)=S)c3cccc(-c4ccccc4)c3)cc2c1CCN(C)Cc1cc(N(C)C)cnn1.